The van der Waals surface area contributed by atoms with Gasteiger partial charge in [0.1, 0.15) is 0 Å². The van der Waals surface area contributed by atoms with Crippen LogP contribution >= 0.6 is 0 Å². The van der Waals surface area contributed by atoms with Gasteiger partial charge in [-0.3, -0.25) is 14.4 Å². The van der Waals surface area contributed by atoms with Crippen LogP contribution in [0.15, 0.2) is 159 Å². The van der Waals surface area contributed by atoms with Gasteiger partial charge in [0, 0.05) is 22.9 Å². The van der Waals surface area contributed by atoms with Crippen LogP contribution in [0.5, 0.6) is 0 Å². The summed E-state index contributed by atoms with van der Waals surface area (Å²) in [6.45, 7) is 8.71. The molecule has 0 radical (unpaired) electrons. The number of hydrogen-bond donors (Lipinski definition) is 2. The van der Waals surface area contributed by atoms with Crippen LogP contribution < -0.4 is 10.6 Å². The van der Waals surface area contributed by atoms with Gasteiger partial charge in [0.05, 0.1) is 12.1 Å². The van der Waals surface area contributed by atoms with Crippen LogP contribution in [0.1, 0.15) is 32.6 Å². The van der Waals surface area contributed by atoms with Crippen LogP contribution in [0.4, 0.5) is 11.4 Å². The van der Waals surface area contributed by atoms with Gasteiger partial charge in [0.15, 0.2) is 5.78 Å². The number of carbonyl (C=O) groups excluding carboxylic acids is 3. The third-order valence-electron chi connectivity index (χ3n) is 6.94. The van der Waals surface area contributed by atoms with E-state index in [1.807, 2.05) is 79.7 Å². The molecule has 5 nitrogen and oxygen atoms in total. The van der Waals surface area contributed by atoms with Crippen molar-refractivity contribution >= 4 is 35.0 Å². The first-order valence-corrected chi connectivity index (χ1v) is 14.8. The second-order valence-corrected chi connectivity index (χ2v) is 10.4. The Hall–Kier alpha value is -6.07. The van der Waals surface area contributed by atoms with Gasteiger partial charge in [-0.05, 0) is 53.5 Å². The number of benzene rings is 5. The highest BCUT2D eigenvalue weighted by molar-refractivity contribution is 6.15. The molecule has 2 amide bonds. The quantitative estimate of drug-likeness (QED) is 0.0949. The third-order valence-corrected chi connectivity index (χ3v) is 6.94. The molecule has 5 aromatic carbocycles. The van der Waals surface area contributed by atoms with Crippen molar-refractivity contribution in [3.63, 3.8) is 0 Å². The van der Waals surface area contributed by atoms with Crippen molar-refractivity contribution in [1.29, 1.82) is 0 Å². The van der Waals surface area contributed by atoms with Crippen molar-refractivity contribution in [1.82, 2.24) is 0 Å². The monoisotopic (exact) mass is 604 g/mol. The Balaban J connectivity index is 0.00000113. The van der Waals surface area contributed by atoms with E-state index in [-0.39, 0.29) is 29.6 Å². The summed E-state index contributed by atoms with van der Waals surface area (Å²) in [4.78, 5) is 39.1. The van der Waals surface area contributed by atoms with Crippen LogP contribution in [0.25, 0.3) is 17.2 Å². The number of aryl methyl sites for hydroxylation is 1. The number of hydrogen-bond acceptors (Lipinski definition) is 3. The standard InChI is InChI=1S/C37H30N2O3.C4H6/c1-26-12-14-28(15-13-26)24-36(41)39-34-22-21-32(25-33(34)37(42)31-10-6-3-7-11-31)38-35(40)23-18-27-16-19-30(20-17-27)29-8-4-2-5-9-29;1-3-4-2/h2-23,25H,24H2,1H3,(H,38,40)(H,39,41);3-4H,1-2H2/b23-18+;. The lowest BCUT2D eigenvalue weighted by molar-refractivity contribution is -0.115. The molecule has 0 aliphatic carbocycles. The highest BCUT2D eigenvalue weighted by Crippen LogP contribution is 2.25. The second-order valence-electron chi connectivity index (χ2n) is 10.4. The Kier molecular flexibility index (Phi) is 11.9. The van der Waals surface area contributed by atoms with E-state index < -0.39 is 0 Å². The van der Waals surface area contributed by atoms with Crippen LogP contribution in [0.3, 0.4) is 0 Å². The molecule has 0 heterocycles. The molecule has 5 aromatic rings. The van der Waals surface area contributed by atoms with E-state index in [1.54, 1.807) is 60.7 Å². The molecule has 0 aromatic heterocycles. The lowest BCUT2D eigenvalue weighted by Crippen LogP contribution is -2.18. The fraction of sp³-hybridized carbons (Fsp3) is 0.0488. The summed E-state index contributed by atoms with van der Waals surface area (Å²) in [5.74, 6) is -0.832. The lowest BCUT2D eigenvalue weighted by atomic mass is 10.0. The van der Waals surface area contributed by atoms with E-state index in [0.717, 1.165) is 27.8 Å². The van der Waals surface area contributed by atoms with Gasteiger partial charge in [0.25, 0.3) is 0 Å². The maximum Gasteiger partial charge on any atom is 0.248 e. The van der Waals surface area contributed by atoms with E-state index in [9.17, 15) is 14.4 Å². The first-order valence-electron chi connectivity index (χ1n) is 14.8. The Morgan fingerprint density at radius 2 is 1.28 bits per heavy atom. The molecular formula is C41H36N2O3. The van der Waals surface area contributed by atoms with Crippen LogP contribution in [-0.2, 0) is 16.0 Å². The molecule has 0 aliphatic rings. The first-order chi connectivity index (χ1) is 22.4. The summed E-state index contributed by atoms with van der Waals surface area (Å²) in [5.41, 5.74) is 6.69. The fourth-order valence-electron chi connectivity index (χ4n) is 4.52. The zero-order valence-corrected chi connectivity index (χ0v) is 25.8. The summed E-state index contributed by atoms with van der Waals surface area (Å²) in [5, 5.41) is 5.71. The molecule has 0 spiro atoms. The van der Waals surface area contributed by atoms with Crippen LogP contribution in [-0.4, -0.2) is 17.6 Å². The highest BCUT2D eigenvalue weighted by Gasteiger charge is 2.17. The van der Waals surface area contributed by atoms with Crippen molar-refractivity contribution in [2.24, 2.45) is 0 Å². The Labute approximate surface area is 270 Å². The number of anilines is 2. The van der Waals surface area contributed by atoms with Gasteiger partial charge < -0.3 is 10.6 Å². The molecule has 5 rings (SSSR count). The van der Waals surface area contributed by atoms with Crippen molar-refractivity contribution in [3.05, 3.63) is 187 Å². The van der Waals surface area contributed by atoms with E-state index in [0.29, 0.717) is 16.9 Å². The number of ketones is 1. The maximum atomic E-state index is 13.4. The van der Waals surface area contributed by atoms with Crippen LogP contribution in [0.2, 0.25) is 0 Å². The topological polar surface area (TPSA) is 75.3 Å². The Morgan fingerprint density at radius 1 is 0.674 bits per heavy atom. The molecule has 0 fully saturated rings. The zero-order valence-electron chi connectivity index (χ0n) is 25.8. The largest absolute Gasteiger partial charge is 0.325 e. The van der Waals surface area contributed by atoms with Gasteiger partial charge in [0.2, 0.25) is 11.8 Å². The van der Waals surface area contributed by atoms with Gasteiger partial charge in [-0.1, -0.05) is 140 Å². The van der Waals surface area contributed by atoms with Gasteiger partial charge in [-0.15, -0.1) is 0 Å². The molecule has 228 valence electrons. The summed E-state index contributed by atoms with van der Waals surface area (Å²) < 4.78 is 0. The molecule has 0 aliphatic heterocycles. The number of rotatable bonds is 10. The first kappa shape index (κ1) is 32.8. The number of allylic oxidation sites excluding steroid dienone is 2. The maximum absolute atomic E-state index is 13.4. The molecule has 0 atom stereocenters. The van der Waals surface area contributed by atoms with Crippen LogP contribution in [0, 0.1) is 6.92 Å². The number of carbonyl (C=O) groups is 3. The van der Waals surface area contributed by atoms with Crippen molar-refractivity contribution < 1.29 is 14.4 Å². The zero-order chi connectivity index (χ0) is 32.7. The highest BCUT2D eigenvalue weighted by atomic mass is 16.2. The molecule has 5 heteroatoms. The average Bonchev–Trinajstić information content (AvgIpc) is 3.10. The van der Waals surface area contributed by atoms with Crippen molar-refractivity contribution in [2.75, 3.05) is 10.6 Å². The Morgan fingerprint density at radius 3 is 1.91 bits per heavy atom. The second kappa shape index (κ2) is 16.7. The molecule has 0 unspecified atom stereocenters. The van der Waals surface area contributed by atoms with Crippen molar-refractivity contribution in [2.45, 2.75) is 13.3 Å². The molecule has 0 saturated carbocycles. The summed E-state index contributed by atoms with van der Waals surface area (Å²) in [6.07, 6.45) is 6.64. The summed E-state index contributed by atoms with van der Waals surface area (Å²) in [7, 11) is 0. The number of amides is 2. The van der Waals surface area contributed by atoms with Crippen molar-refractivity contribution in [3.8, 4) is 11.1 Å². The number of nitrogens with one attached hydrogen (secondary N) is 2. The summed E-state index contributed by atoms with van der Waals surface area (Å²) in [6, 6.07) is 39.5. The fourth-order valence-corrected chi connectivity index (χ4v) is 4.52. The van der Waals surface area contributed by atoms with Gasteiger partial charge in [-0.25, -0.2) is 0 Å². The predicted molar refractivity (Wildman–Crippen MR) is 190 cm³/mol. The van der Waals surface area contributed by atoms with E-state index in [2.05, 4.69) is 35.9 Å². The molecule has 0 saturated heterocycles. The van der Waals surface area contributed by atoms with E-state index >= 15 is 0 Å². The minimum atomic E-state index is -0.337. The predicted octanol–water partition coefficient (Wildman–Crippen LogP) is 9.08. The minimum absolute atomic E-state index is 0.175. The van der Waals surface area contributed by atoms with E-state index in [1.165, 1.54) is 6.08 Å². The SMILES string of the molecule is C=CC=C.Cc1ccc(CC(=O)Nc2ccc(NC(=O)/C=C/c3ccc(-c4ccccc4)cc3)cc2C(=O)c2ccccc2)cc1. The minimum Gasteiger partial charge on any atom is -0.325 e. The normalized spacial score (nSPS) is 10.3. The van der Waals surface area contributed by atoms with E-state index in [4.69, 9.17) is 0 Å². The molecule has 0 bridgehead atoms. The molecule has 2 N–H and O–H groups in total. The Bertz CT molecular complexity index is 1820. The smallest absolute Gasteiger partial charge is 0.248 e. The molecular weight excluding hydrogens is 568 g/mol. The summed E-state index contributed by atoms with van der Waals surface area (Å²) >= 11 is 0. The average molecular weight is 605 g/mol. The molecule has 46 heavy (non-hydrogen) atoms. The lowest BCUT2D eigenvalue weighted by Gasteiger charge is -2.13. The third kappa shape index (κ3) is 9.73. The van der Waals surface area contributed by atoms with Gasteiger partial charge in [-0.2, -0.15) is 0 Å². The van der Waals surface area contributed by atoms with Gasteiger partial charge >= 0.3 is 0 Å².